The van der Waals surface area contributed by atoms with Crippen LogP contribution in [0.4, 0.5) is 10.5 Å². The molecule has 2 N–H and O–H groups in total. The standard InChI is InChI=1S/C22H23BrN4O3/c1-15-12-17(13-16-4-3-5-20(14-16)30-2)21(28)27(26-15)11-10-24-22(29)25-19-8-6-18(23)7-9-19/h3-9,12,14H,10-11,13H2,1-2H3,(H2,24,25,29). The van der Waals surface area contributed by atoms with Crippen molar-refractivity contribution in [3.8, 4) is 5.75 Å². The summed E-state index contributed by atoms with van der Waals surface area (Å²) in [6, 6.07) is 16.4. The molecule has 2 aromatic carbocycles. The van der Waals surface area contributed by atoms with E-state index >= 15 is 0 Å². The molecule has 0 fully saturated rings. The number of hydrogen-bond donors (Lipinski definition) is 2. The predicted molar refractivity (Wildman–Crippen MR) is 120 cm³/mol. The molecule has 0 bridgehead atoms. The van der Waals surface area contributed by atoms with Crippen molar-refractivity contribution in [2.45, 2.75) is 19.9 Å². The minimum Gasteiger partial charge on any atom is -0.497 e. The maximum atomic E-state index is 12.8. The predicted octanol–water partition coefficient (Wildman–Crippen LogP) is 3.74. The van der Waals surface area contributed by atoms with Crippen LogP contribution in [0.2, 0.25) is 0 Å². The number of halogens is 1. The van der Waals surface area contributed by atoms with Crippen molar-refractivity contribution in [2.24, 2.45) is 0 Å². The van der Waals surface area contributed by atoms with Crippen LogP contribution in [0.25, 0.3) is 0 Å². The van der Waals surface area contributed by atoms with Gasteiger partial charge in [-0.1, -0.05) is 28.1 Å². The number of amides is 2. The summed E-state index contributed by atoms with van der Waals surface area (Å²) in [6.07, 6.45) is 0.483. The van der Waals surface area contributed by atoms with Gasteiger partial charge in [-0.3, -0.25) is 4.79 Å². The van der Waals surface area contributed by atoms with E-state index in [2.05, 4.69) is 31.7 Å². The van der Waals surface area contributed by atoms with Gasteiger partial charge < -0.3 is 15.4 Å². The Morgan fingerprint density at radius 1 is 1.17 bits per heavy atom. The highest BCUT2D eigenvalue weighted by Crippen LogP contribution is 2.15. The molecule has 0 saturated heterocycles. The SMILES string of the molecule is COc1cccc(Cc2cc(C)nn(CCNC(=O)Nc3ccc(Br)cc3)c2=O)c1. The molecule has 0 aliphatic heterocycles. The van der Waals surface area contributed by atoms with Crippen molar-refractivity contribution in [1.29, 1.82) is 0 Å². The van der Waals surface area contributed by atoms with Crippen molar-refractivity contribution in [1.82, 2.24) is 15.1 Å². The van der Waals surface area contributed by atoms with Crippen molar-refractivity contribution in [3.05, 3.63) is 86.2 Å². The summed E-state index contributed by atoms with van der Waals surface area (Å²) in [6.45, 7) is 2.40. The number of carbonyl (C=O) groups is 1. The number of hydrogen-bond acceptors (Lipinski definition) is 4. The molecule has 0 spiro atoms. The first-order valence-corrected chi connectivity index (χ1v) is 10.2. The number of anilines is 1. The van der Waals surface area contributed by atoms with E-state index < -0.39 is 0 Å². The van der Waals surface area contributed by atoms with Gasteiger partial charge >= 0.3 is 6.03 Å². The fourth-order valence-electron chi connectivity index (χ4n) is 3.01. The van der Waals surface area contributed by atoms with Crippen LogP contribution in [-0.2, 0) is 13.0 Å². The molecule has 0 radical (unpaired) electrons. The Morgan fingerprint density at radius 3 is 2.67 bits per heavy atom. The second-order valence-electron chi connectivity index (χ2n) is 6.76. The molecule has 3 rings (SSSR count). The number of nitrogens with one attached hydrogen (secondary N) is 2. The Morgan fingerprint density at radius 2 is 1.93 bits per heavy atom. The number of nitrogens with zero attached hydrogens (tertiary/aromatic N) is 2. The topological polar surface area (TPSA) is 85.2 Å². The Labute approximate surface area is 183 Å². The van der Waals surface area contributed by atoms with Crippen molar-refractivity contribution in [3.63, 3.8) is 0 Å². The third kappa shape index (κ3) is 5.93. The number of aromatic nitrogens is 2. The largest absolute Gasteiger partial charge is 0.497 e. The van der Waals surface area contributed by atoms with Gasteiger partial charge in [0.15, 0.2) is 0 Å². The summed E-state index contributed by atoms with van der Waals surface area (Å²) in [5.74, 6) is 0.750. The van der Waals surface area contributed by atoms with Crippen LogP contribution < -0.4 is 20.9 Å². The number of rotatable bonds is 7. The molecule has 8 heteroatoms. The maximum absolute atomic E-state index is 12.8. The number of urea groups is 1. The van der Waals surface area contributed by atoms with E-state index in [-0.39, 0.29) is 24.7 Å². The third-order valence-electron chi connectivity index (χ3n) is 4.41. The van der Waals surface area contributed by atoms with Crippen LogP contribution in [-0.4, -0.2) is 29.5 Å². The minimum atomic E-state index is -0.338. The van der Waals surface area contributed by atoms with Crippen LogP contribution in [0.1, 0.15) is 16.8 Å². The van der Waals surface area contributed by atoms with Crippen molar-refractivity contribution < 1.29 is 9.53 Å². The highest BCUT2D eigenvalue weighted by atomic mass is 79.9. The fraction of sp³-hybridized carbons (Fsp3) is 0.227. The number of benzene rings is 2. The van der Waals surface area contributed by atoms with E-state index in [0.29, 0.717) is 17.7 Å². The lowest BCUT2D eigenvalue weighted by atomic mass is 10.1. The number of carbonyl (C=O) groups excluding carboxylic acids is 1. The van der Waals surface area contributed by atoms with Gasteiger partial charge in [0.2, 0.25) is 0 Å². The molecule has 156 valence electrons. The summed E-state index contributed by atoms with van der Waals surface area (Å²) in [5, 5.41) is 9.79. The lowest BCUT2D eigenvalue weighted by Gasteiger charge is -2.11. The number of ether oxygens (including phenoxy) is 1. The van der Waals surface area contributed by atoms with Gasteiger partial charge in [-0.2, -0.15) is 5.10 Å². The highest BCUT2D eigenvalue weighted by molar-refractivity contribution is 9.10. The van der Waals surface area contributed by atoms with Gasteiger partial charge in [-0.05, 0) is 55.0 Å². The smallest absolute Gasteiger partial charge is 0.319 e. The summed E-state index contributed by atoms with van der Waals surface area (Å²) in [7, 11) is 1.61. The summed E-state index contributed by atoms with van der Waals surface area (Å²) in [5.41, 5.74) is 2.89. The van der Waals surface area contributed by atoms with Gasteiger partial charge in [-0.25, -0.2) is 9.48 Å². The van der Waals surface area contributed by atoms with Crippen LogP contribution in [0.15, 0.2) is 63.9 Å². The van der Waals surface area contributed by atoms with E-state index in [1.807, 2.05) is 43.3 Å². The average Bonchev–Trinajstić information content (AvgIpc) is 2.73. The first kappa shape index (κ1) is 21.6. The molecule has 1 aromatic heterocycles. The van der Waals surface area contributed by atoms with Crippen LogP contribution in [0.5, 0.6) is 5.75 Å². The molecule has 30 heavy (non-hydrogen) atoms. The van der Waals surface area contributed by atoms with Gasteiger partial charge in [0.25, 0.3) is 5.56 Å². The van der Waals surface area contributed by atoms with E-state index in [9.17, 15) is 9.59 Å². The lowest BCUT2D eigenvalue weighted by Crippen LogP contribution is -2.35. The fourth-order valence-corrected chi connectivity index (χ4v) is 3.27. The van der Waals surface area contributed by atoms with Gasteiger partial charge in [0, 0.05) is 28.7 Å². The lowest BCUT2D eigenvalue weighted by molar-refractivity contribution is 0.251. The molecule has 2 amide bonds. The second-order valence-corrected chi connectivity index (χ2v) is 7.67. The van der Waals surface area contributed by atoms with Crippen LogP contribution in [0.3, 0.4) is 0 Å². The summed E-state index contributed by atoms with van der Waals surface area (Å²) in [4.78, 5) is 24.9. The molecule has 0 unspecified atom stereocenters. The van der Waals surface area contributed by atoms with Crippen molar-refractivity contribution in [2.75, 3.05) is 19.0 Å². The molecule has 1 heterocycles. The van der Waals surface area contributed by atoms with E-state index in [0.717, 1.165) is 21.5 Å². The molecule has 7 nitrogen and oxygen atoms in total. The van der Waals surface area contributed by atoms with E-state index in [1.165, 1.54) is 4.68 Å². The van der Waals surface area contributed by atoms with Gasteiger partial charge in [0.05, 0.1) is 19.3 Å². The summed E-state index contributed by atoms with van der Waals surface area (Å²) < 4.78 is 7.58. The highest BCUT2D eigenvalue weighted by Gasteiger charge is 2.09. The first-order valence-electron chi connectivity index (χ1n) is 9.45. The molecular weight excluding hydrogens is 448 g/mol. The second kappa shape index (κ2) is 10.1. The minimum absolute atomic E-state index is 0.168. The first-order chi connectivity index (χ1) is 14.4. The Kier molecular flexibility index (Phi) is 7.24. The van der Waals surface area contributed by atoms with Gasteiger partial charge in [-0.15, -0.1) is 0 Å². The monoisotopic (exact) mass is 470 g/mol. The summed E-state index contributed by atoms with van der Waals surface area (Å²) >= 11 is 3.35. The third-order valence-corrected chi connectivity index (χ3v) is 4.94. The Balaban J connectivity index is 1.62. The Hall–Kier alpha value is -3.13. The molecule has 0 aliphatic carbocycles. The van der Waals surface area contributed by atoms with Crippen molar-refractivity contribution >= 4 is 27.6 Å². The van der Waals surface area contributed by atoms with E-state index in [4.69, 9.17) is 4.74 Å². The molecule has 3 aromatic rings. The van der Waals surface area contributed by atoms with Crippen LogP contribution in [0, 0.1) is 6.92 Å². The number of methoxy groups -OCH3 is 1. The molecular formula is C22H23BrN4O3. The zero-order valence-corrected chi connectivity index (χ0v) is 18.4. The average molecular weight is 471 g/mol. The quantitative estimate of drug-likeness (QED) is 0.550. The van der Waals surface area contributed by atoms with Crippen LogP contribution >= 0.6 is 15.9 Å². The maximum Gasteiger partial charge on any atom is 0.319 e. The molecule has 0 aliphatic rings. The Bertz CT molecular complexity index is 1080. The van der Waals surface area contributed by atoms with Gasteiger partial charge in [0.1, 0.15) is 5.75 Å². The number of aryl methyl sites for hydroxylation is 1. The molecule has 0 saturated carbocycles. The normalized spacial score (nSPS) is 10.5. The zero-order chi connectivity index (χ0) is 21.5. The van der Waals surface area contributed by atoms with E-state index in [1.54, 1.807) is 25.3 Å². The molecule has 0 atom stereocenters. The zero-order valence-electron chi connectivity index (χ0n) is 16.8.